The van der Waals surface area contributed by atoms with Crippen LogP contribution in [0, 0.1) is 22.7 Å². The number of allylic oxidation sites excluding steroid dienone is 1. The Morgan fingerprint density at radius 3 is 2.42 bits per heavy atom. The van der Waals surface area contributed by atoms with E-state index in [4.69, 9.17) is 0 Å². The summed E-state index contributed by atoms with van der Waals surface area (Å²) in [7, 11) is 0. The quantitative estimate of drug-likeness (QED) is 0.725. The van der Waals surface area contributed by atoms with Crippen LogP contribution < -0.4 is 0 Å². The summed E-state index contributed by atoms with van der Waals surface area (Å²) in [5.41, 5.74) is 0.515. The van der Waals surface area contributed by atoms with Crippen molar-refractivity contribution in [2.45, 2.75) is 63.5 Å². The largest absolute Gasteiger partial charge is 0.299 e. The Morgan fingerprint density at radius 2 is 1.71 bits per heavy atom. The second kappa shape index (κ2) is 5.06. The van der Waals surface area contributed by atoms with Gasteiger partial charge in [0, 0.05) is 30.1 Å². The highest BCUT2D eigenvalue weighted by molar-refractivity contribution is 8.00. The van der Waals surface area contributed by atoms with Gasteiger partial charge in [0.1, 0.15) is 5.78 Å². The first-order chi connectivity index (χ1) is 11.3. The van der Waals surface area contributed by atoms with Crippen molar-refractivity contribution in [3.63, 3.8) is 0 Å². The monoisotopic (exact) mass is 346 g/mol. The van der Waals surface area contributed by atoms with Crippen LogP contribution in [-0.2, 0) is 14.4 Å². The smallest absolute Gasteiger partial charge is 0.155 e. The van der Waals surface area contributed by atoms with E-state index < -0.39 is 10.2 Å². The predicted molar refractivity (Wildman–Crippen MR) is 94.9 cm³/mol. The highest BCUT2D eigenvalue weighted by atomic mass is 32.2. The molecule has 3 saturated carbocycles. The number of fused-ring (bicyclic) bond motifs is 5. The SMILES string of the molecule is CS[C@]12C(=O)C[C@]3(C)C(=O)CC[C@H]3[C@@H]1CCC1=CC(=O)CC[C@@]12C. The number of thioether (sulfide) groups is 1. The van der Waals surface area contributed by atoms with Crippen LogP contribution >= 0.6 is 11.8 Å². The summed E-state index contributed by atoms with van der Waals surface area (Å²) in [5, 5.41) is 0. The normalized spacial score (nSPS) is 47.8. The van der Waals surface area contributed by atoms with Gasteiger partial charge in [0.05, 0.1) is 4.75 Å². The van der Waals surface area contributed by atoms with E-state index in [9.17, 15) is 14.4 Å². The van der Waals surface area contributed by atoms with Crippen molar-refractivity contribution < 1.29 is 14.4 Å². The van der Waals surface area contributed by atoms with Crippen LogP contribution in [0.5, 0.6) is 0 Å². The van der Waals surface area contributed by atoms with Crippen LogP contribution in [0.25, 0.3) is 0 Å². The first kappa shape index (κ1) is 16.6. The lowest BCUT2D eigenvalue weighted by Gasteiger charge is -2.62. The average molecular weight is 346 g/mol. The lowest BCUT2D eigenvalue weighted by Crippen LogP contribution is -2.66. The molecule has 0 radical (unpaired) electrons. The van der Waals surface area contributed by atoms with Crippen molar-refractivity contribution in [2.24, 2.45) is 22.7 Å². The molecule has 4 aliphatic carbocycles. The van der Waals surface area contributed by atoms with Crippen molar-refractivity contribution in [3.8, 4) is 0 Å². The third-order valence-corrected chi connectivity index (χ3v) is 9.49. The van der Waals surface area contributed by atoms with Crippen LogP contribution in [-0.4, -0.2) is 28.4 Å². The van der Waals surface area contributed by atoms with Crippen molar-refractivity contribution >= 4 is 29.1 Å². The lowest BCUT2D eigenvalue weighted by molar-refractivity contribution is -0.146. The van der Waals surface area contributed by atoms with Gasteiger partial charge in [0.25, 0.3) is 0 Å². The van der Waals surface area contributed by atoms with E-state index in [-0.39, 0.29) is 22.9 Å². The van der Waals surface area contributed by atoms with Crippen molar-refractivity contribution in [1.82, 2.24) is 0 Å². The molecular weight excluding hydrogens is 320 g/mol. The molecule has 4 aliphatic rings. The summed E-state index contributed by atoms with van der Waals surface area (Å²) in [5.74, 6) is 1.35. The van der Waals surface area contributed by atoms with Gasteiger partial charge in [-0.05, 0) is 49.9 Å². The summed E-state index contributed by atoms with van der Waals surface area (Å²) in [6.07, 6.45) is 9.02. The van der Waals surface area contributed by atoms with E-state index in [1.54, 1.807) is 11.8 Å². The standard InChI is InChI=1S/C20H26O3S/c1-18-11-17(23)20(24-3)15(14(18)6-7-16(18)22)5-4-12-10-13(21)8-9-19(12,20)2/h10,14-15H,4-9,11H2,1-3H3/t14-,15-,18-,19-,20-/m0/s1. The minimum atomic E-state index is -0.452. The number of hydrogen-bond acceptors (Lipinski definition) is 4. The Kier molecular flexibility index (Phi) is 3.49. The zero-order chi connectivity index (χ0) is 17.3. The second-order valence-electron chi connectivity index (χ2n) is 8.64. The highest BCUT2D eigenvalue weighted by Crippen LogP contribution is 2.68. The lowest BCUT2D eigenvalue weighted by atomic mass is 9.46. The molecule has 3 nitrogen and oxygen atoms in total. The molecule has 0 aromatic carbocycles. The van der Waals surface area contributed by atoms with Crippen molar-refractivity contribution in [1.29, 1.82) is 0 Å². The van der Waals surface area contributed by atoms with E-state index in [1.165, 1.54) is 5.57 Å². The van der Waals surface area contributed by atoms with Gasteiger partial charge in [0.15, 0.2) is 11.6 Å². The first-order valence-electron chi connectivity index (χ1n) is 9.15. The molecule has 0 bridgehead atoms. The summed E-state index contributed by atoms with van der Waals surface area (Å²) >= 11 is 1.71. The van der Waals surface area contributed by atoms with Gasteiger partial charge in [0.2, 0.25) is 0 Å². The minimum absolute atomic E-state index is 0.210. The van der Waals surface area contributed by atoms with Gasteiger partial charge in [-0.25, -0.2) is 0 Å². The fraction of sp³-hybridized carbons (Fsp3) is 0.750. The molecule has 0 heterocycles. The molecule has 0 aromatic heterocycles. The topological polar surface area (TPSA) is 51.2 Å². The Morgan fingerprint density at radius 1 is 1.00 bits per heavy atom. The van der Waals surface area contributed by atoms with Crippen molar-refractivity contribution in [2.75, 3.05) is 6.26 Å². The van der Waals surface area contributed by atoms with E-state index in [0.717, 1.165) is 25.7 Å². The van der Waals surface area contributed by atoms with E-state index in [1.807, 2.05) is 13.0 Å². The van der Waals surface area contributed by atoms with Crippen molar-refractivity contribution in [3.05, 3.63) is 11.6 Å². The Hall–Kier alpha value is -0.900. The molecule has 0 N–H and O–H groups in total. The molecule has 5 atom stereocenters. The maximum Gasteiger partial charge on any atom is 0.155 e. The Bertz CT molecular complexity index is 680. The van der Waals surface area contributed by atoms with Crippen LogP contribution in [0.4, 0.5) is 0 Å². The number of ketones is 3. The molecule has 0 unspecified atom stereocenters. The van der Waals surface area contributed by atoms with Gasteiger partial charge in [-0.15, -0.1) is 11.8 Å². The molecule has 0 amide bonds. The van der Waals surface area contributed by atoms with Gasteiger partial charge in [-0.3, -0.25) is 14.4 Å². The molecule has 0 spiro atoms. The van der Waals surface area contributed by atoms with Crippen LogP contribution in [0.2, 0.25) is 0 Å². The molecule has 130 valence electrons. The second-order valence-corrected chi connectivity index (χ2v) is 9.69. The van der Waals surface area contributed by atoms with E-state index in [0.29, 0.717) is 31.0 Å². The zero-order valence-corrected chi connectivity index (χ0v) is 15.6. The van der Waals surface area contributed by atoms with Crippen LogP contribution in [0.1, 0.15) is 58.8 Å². The number of carbonyl (C=O) groups excluding carboxylic acids is 3. The molecular formula is C20H26O3S. The number of Topliss-reactive ketones (excluding diaryl/α,β-unsaturated/α-hetero) is 2. The average Bonchev–Trinajstić information content (AvgIpc) is 2.82. The highest BCUT2D eigenvalue weighted by Gasteiger charge is 2.69. The third kappa shape index (κ3) is 1.73. The van der Waals surface area contributed by atoms with Gasteiger partial charge < -0.3 is 0 Å². The summed E-state index contributed by atoms with van der Waals surface area (Å²) in [6.45, 7) is 4.25. The van der Waals surface area contributed by atoms with Crippen LogP contribution in [0.3, 0.4) is 0 Å². The van der Waals surface area contributed by atoms with Gasteiger partial charge >= 0.3 is 0 Å². The maximum absolute atomic E-state index is 13.5. The molecule has 4 heteroatoms. The summed E-state index contributed by atoms with van der Waals surface area (Å²) in [6, 6.07) is 0. The number of rotatable bonds is 1. The van der Waals surface area contributed by atoms with Crippen LogP contribution in [0.15, 0.2) is 11.6 Å². The van der Waals surface area contributed by atoms with Gasteiger partial charge in [-0.1, -0.05) is 19.4 Å². The number of hydrogen-bond donors (Lipinski definition) is 0. The predicted octanol–water partition coefficient (Wildman–Crippen LogP) is 3.75. The summed E-state index contributed by atoms with van der Waals surface area (Å²) < 4.78 is -0.452. The summed E-state index contributed by atoms with van der Waals surface area (Å²) in [4.78, 5) is 38.0. The fourth-order valence-electron chi connectivity index (χ4n) is 6.58. The van der Waals surface area contributed by atoms with Gasteiger partial charge in [-0.2, -0.15) is 0 Å². The Balaban J connectivity index is 1.88. The molecule has 0 aliphatic heterocycles. The molecule has 4 rings (SSSR count). The molecule has 0 aromatic rings. The molecule has 3 fully saturated rings. The maximum atomic E-state index is 13.5. The molecule has 0 saturated heterocycles. The van der Waals surface area contributed by atoms with E-state index in [2.05, 4.69) is 13.2 Å². The zero-order valence-electron chi connectivity index (χ0n) is 14.8. The molecule has 24 heavy (non-hydrogen) atoms. The number of carbonyl (C=O) groups is 3. The minimum Gasteiger partial charge on any atom is -0.299 e. The Labute approximate surface area is 148 Å². The fourth-order valence-corrected chi connectivity index (χ4v) is 8.15. The van der Waals surface area contributed by atoms with E-state index >= 15 is 0 Å². The third-order valence-electron chi connectivity index (χ3n) is 7.87. The first-order valence-corrected chi connectivity index (χ1v) is 10.4.